The third kappa shape index (κ3) is 4.25. The molecule has 0 spiro atoms. The summed E-state index contributed by atoms with van der Waals surface area (Å²) in [6.07, 6.45) is 0. The van der Waals surface area contributed by atoms with Gasteiger partial charge >= 0.3 is 0 Å². The molecule has 0 aliphatic carbocycles. The minimum atomic E-state index is -0.621. The molecule has 0 radical (unpaired) electrons. The van der Waals surface area contributed by atoms with Crippen molar-refractivity contribution in [3.63, 3.8) is 0 Å². The highest BCUT2D eigenvalue weighted by atomic mass is 16.3. The Morgan fingerprint density at radius 2 is 1.75 bits per heavy atom. The molecule has 28 heavy (non-hydrogen) atoms. The van der Waals surface area contributed by atoms with Gasteiger partial charge in [0.2, 0.25) is 5.88 Å². The summed E-state index contributed by atoms with van der Waals surface area (Å²) in [7, 11) is 0. The number of aromatic hydroxyl groups is 1. The highest BCUT2D eigenvalue weighted by Gasteiger charge is 2.15. The number of H-pyrrole nitrogens is 1. The van der Waals surface area contributed by atoms with Crippen LogP contribution >= 0.6 is 0 Å². The Bertz CT molecular complexity index is 1040. The van der Waals surface area contributed by atoms with Crippen LogP contribution in [0.2, 0.25) is 0 Å². The molecular formula is C21H22N4O3. The van der Waals surface area contributed by atoms with Crippen LogP contribution in [0.25, 0.3) is 10.9 Å². The van der Waals surface area contributed by atoms with Gasteiger partial charge < -0.3 is 15.4 Å². The molecule has 1 heterocycles. The van der Waals surface area contributed by atoms with Gasteiger partial charge in [0.1, 0.15) is 6.54 Å². The van der Waals surface area contributed by atoms with Gasteiger partial charge in [0.25, 0.3) is 11.8 Å². The predicted octanol–water partition coefficient (Wildman–Crippen LogP) is 4.21. The minimum absolute atomic E-state index is 0.000680. The van der Waals surface area contributed by atoms with Crippen LogP contribution in [0.1, 0.15) is 36.7 Å². The zero-order chi connectivity index (χ0) is 20.3. The molecule has 0 fully saturated rings. The van der Waals surface area contributed by atoms with Crippen molar-refractivity contribution in [2.24, 2.45) is 10.2 Å². The number of carbonyl (C=O) groups excluding carboxylic acids is 2. The maximum Gasteiger partial charge on any atom is 0.283 e. The van der Waals surface area contributed by atoms with E-state index in [1.807, 2.05) is 18.2 Å². The molecule has 0 atom stereocenters. The van der Waals surface area contributed by atoms with E-state index in [-0.39, 0.29) is 29.4 Å². The van der Waals surface area contributed by atoms with E-state index in [0.717, 1.165) is 5.56 Å². The monoisotopic (exact) mass is 378 g/mol. The van der Waals surface area contributed by atoms with E-state index in [4.69, 9.17) is 0 Å². The fourth-order valence-electron chi connectivity index (χ4n) is 2.73. The first-order valence-electron chi connectivity index (χ1n) is 8.88. The van der Waals surface area contributed by atoms with Crippen molar-refractivity contribution >= 4 is 28.4 Å². The van der Waals surface area contributed by atoms with E-state index in [9.17, 15) is 14.7 Å². The van der Waals surface area contributed by atoms with Gasteiger partial charge in [0, 0.05) is 10.9 Å². The Morgan fingerprint density at radius 1 is 1.07 bits per heavy atom. The maximum atomic E-state index is 12.2. The molecule has 144 valence electrons. The molecule has 0 bridgehead atoms. The molecular weight excluding hydrogens is 356 g/mol. The molecule has 2 aromatic carbocycles. The minimum Gasteiger partial charge on any atom is -0.493 e. The van der Waals surface area contributed by atoms with Crippen LogP contribution in [-0.2, 0) is 10.2 Å². The van der Waals surface area contributed by atoms with Crippen molar-refractivity contribution in [1.29, 1.82) is 0 Å². The SMILES string of the molecule is CC(C)(C)c1ccc(C(=O)NCC(=O)N=Nc2c(O)[nH]c3ccccc23)cc1. The average molecular weight is 378 g/mol. The molecule has 0 saturated carbocycles. The molecule has 7 nitrogen and oxygen atoms in total. The number of hydrogen-bond donors (Lipinski definition) is 3. The van der Waals surface area contributed by atoms with Gasteiger partial charge in [-0.1, -0.05) is 51.1 Å². The summed E-state index contributed by atoms with van der Waals surface area (Å²) in [6.45, 7) is 6.00. The summed E-state index contributed by atoms with van der Waals surface area (Å²) < 4.78 is 0. The first kappa shape index (κ1) is 19.3. The van der Waals surface area contributed by atoms with Crippen LogP contribution in [-0.4, -0.2) is 28.4 Å². The molecule has 1 aromatic heterocycles. The summed E-state index contributed by atoms with van der Waals surface area (Å²) in [4.78, 5) is 26.9. The fourth-order valence-corrected chi connectivity index (χ4v) is 2.73. The molecule has 3 N–H and O–H groups in total. The molecule has 0 saturated heterocycles. The van der Waals surface area contributed by atoms with Gasteiger partial charge in [-0.2, -0.15) is 0 Å². The van der Waals surface area contributed by atoms with E-state index in [1.54, 1.807) is 30.3 Å². The number of aromatic nitrogens is 1. The predicted molar refractivity (Wildman–Crippen MR) is 107 cm³/mol. The Labute approximate surface area is 162 Å². The molecule has 3 rings (SSSR count). The van der Waals surface area contributed by atoms with E-state index >= 15 is 0 Å². The lowest BCUT2D eigenvalue weighted by atomic mass is 9.87. The summed E-state index contributed by atoms with van der Waals surface area (Å²) >= 11 is 0. The van der Waals surface area contributed by atoms with Crippen molar-refractivity contribution in [1.82, 2.24) is 10.3 Å². The lowest BCUT2D eigenvalue weighted by molar-refractivity contribution is -0.117. The topological polar surface area (TPSA) is 107 Å². The highest BCUT2D eigenvalue weighted by Crippen LogP contribution is 2.35. The standard InChI is InChI=1S/C21H22N4O3/c1-21(2,3)14-10-8-13(9-11-14)19(27)22-12-17(26)24-25-18-15-6-4-5-7-16(15)23-20(18)28/h4-11,23,28H,12H2,1-3H3,(H,22,27). The number of amides is 2. The van der Waals surface area contributed by atoms with E-state index in [1.165, 1.54) is 0 Å². The van der Waals surface area contributed by atoms with Crippen molar-refractivity contribution < 1.29 is 14.7 Å². The molecule has 0 aliphatic rings. The number of fused-ring (bicyclic) bond motifs is 1. The Balaban J connectivity index is 1.61. The molecule has 2 amide bonds. The number of aromatic amines is 1. The van der Waals surface area contributed by atoms with Crippen LogP contribution in [0.3, 0.4) is 0 Å². The van der Waals surface area contributed by atoms with Crippen molar-refractivity contribution in [2.75, 3.05) is 6.54 Å². The van der Waals surface area contributed by atoms with Crippen LogP contribution < -0.4 is 5.32 Å². The van der Waals surface area contributed by atoms with E-state index < -0.39 is 5.91 Å². The average Bonchev–Trinajstić information content (AvgIpc) is 2.99. The number of azo groups is 1. The number of carbonyl (C=O) groups is 2. The largest absolute Gasteiger partial charge is 0.493 e. The van der Waals surface area contributed by atoms with Crippen molar-refractivity contribution in [2.45, 2.75) is 26.2 Å². The number of hydrogen-bond acceptors (Lipinski definition) is 4. The van der Waals surface area contributed by atoms with Gasteiger partial charge in [-0.3, -0.25) is 9.59 Å². The summed E-state index contributed by atoms with van der Waals surface area (Å²) in [5.74, 6) is -1.15. The zero-order valence-corrected chi connectivity index (χ0v) is 16.0. The zero-order valence-electron chi connectivity index (χ0n) is 16.0. The number of benzene rings is 2. The quantitative estimate of drug-likeness (QED) is 0.592. The van der Waals surface area contributed by atoms with Crippen LogP contribution in [0, 0.1) is 0 Å². The fraction of sp³-hybridized carbons (Fsp3) is 0.238. The lowest BCUT2D eigenvalue weighted by Gasteiger charge is -2.18. The van der Waals surface area contributed by atoms with Gasteiger partial charge in [-0.25, -0.2) is 0 Å². The summed E-state index contributed by atoms with van der Waals surface area (Å²) in [5.41, 5.74) is 2.46. The van der Waals surface area contributed by atoms with Gasteiger partial charge in [0.05, 0.1) is 5.52 Å². The third-order valence-electron chi connectivity index (χ3n) is 4.33. The van der Waals surface area contributed by atoms with Crippen LogP contribution in [0.4, 0.5) is 5.69 Å². The van der Waals surface area contributed by atoms with Gasteiger partial charge in [-0.05, 0) is 29.2 Å². The van der Waals surface area contributed by atoms with E-state index in [2.05, 4.69) is 41.3 Å². The van der Waals surface area contributed by atoms with Crippen LogP contribution in [0.5, 0.6) is 5.88 Å². The molecule has 0 unspecified atom stereocenters. The summed E-state index contributed by atoms with van der Waals surface area (Å²) in [6, 6.07) is 14.4. The number of nitrogens with one attached hydrogen (secondary N) is 2. The Kier molecular flexibility index (Phi) is 5.26. The maximum absolute atomic E-state index is 12.2. The second-order valence-corrected chi connectivity index (χ2v) is 7.47. The normalized spacial score (nSPS) is 11.8. The van der Waals surface area contributed by atoms with Gasteiger partial charge in [-0.15, -0.1) is 10.2 Å². The molecule has 0 aliphatic heterocycles. The second kappa shape index (κ2) is 7.64. The first-order valence-corrected chi connectivity index (χ1v) is 8.88. The number of para-hydroxylation sites is 1. The third-order valence-corrected chi connectivity index (χ3v) is 4.33. The first-order chi connectivity index (χ1) is 13.3. The van der Waals surface area contributed by atoms with Gasteiger partial charge in [0.15, 0.2) is 5.69 Å². The van der Waals surface area contributed by atoms with Crippen molar-refractivity contribution in [3.8, 4) is 5.88 Å². The number of nitrogens with zero attached hydrogens (tertiary/aromatic N) is 2. The molecule has 7 heteroatoms. The van der Waals surface area contributed by atoms with E-state index in [0.29, 0.717) is 16.5 Å². The lowest BCUT2D eigenvalue weighted by Crippen LogP contribution is -2.28. The smallest absolute Gasteiger partial charge is 0.283 e. The van der Waals surface area contributed by atoms with Crippen molar-refractivity contribution in [3.05, 3.63) is 59.7 Å². The van der Waals surface area contributed by atoms with Crippen LogP contribution in [0.15, 0.2) is 58.8 Å². The number of rotatable bonds is 4. The highest BCUT2D eigenvalue weighted by molar-refractivity contribution is 5.97. The Morgan fingerprint density at radius 3 is 2.43 bits per heavy atom. The molecule has 3 aromatic rings. The summed E-state index contributed by atoms with van der Waals surface area (Å²) in [5, 5.41) is 20.5. The Hall–Kier alpha value is -3.48. The second-order valence-electron chi connectivity index (χ2n) is 7.47.